The van der Waals surface area contributed by atoms with Gasteiger partial charge in [0.25, 0.3) is 5.91 Å². The van der Waals surface area contributed by atoms with Gasteiger partial charge < -0.3 is 10.4 Å². The molecule has 0 bridgehead atoms. The molecule has 0 radical (unpaired) electrons. The summed E-state index contributed by atoms with van der Waals surface area (Å²) in [4.78, 5) is 25.2. The van der Waals surface area contributed by atoms with Gasteiger partial charge in [-0.3, -0.25) is 9.59 Å². The maximum Gasteiger partial charge on any atom is 0.255 e. The lowest BCUT2D eigenvalue weighted by atomic mass is 10.1. The maximum absolute atomic E-state index is 11.9. The number of nitrogens with zero attached hydrogens (tertiary/aromatic N) is 3. The molecule has 0 saturated heterocycles. The number of fused-ring (bicyclic) bond motifs is 1. The van der Waals surface area contributed by atoms with Gasteiger partial charge in [0, 0.05) is 4.91 Å². The second-order valence-electron chi connectivity index (χ2n) is 3.98. The third-order valence-electron chi connectivity index (χ3n) is 2.67. The van der Waals surface area contributed by atoms with E-state index in [1.165, 1.54) is 12.1 Å². The standard InChI is InChI=1S/C13H10N4O3/c14-17-16-12(19)7-15-13(20)10-5-8-3-1-2-4-9(8)6-11(10)18/h1-6,18H,7H2,(H,15,20). The Kier molecular flexibility index (Phi) is 3.83. The molecular weight excluding hydrogens is 260 g/mol. The van der Waals surface area contributed by atoms with E-state index in [0.29, 0.717) is 0 Å². The molecule has 2 amide bonds. The lowest BCUT2D eigenvalue weighted by Crippen LogP contribution is -2.28. The van der Waals surface area contributed by atoms with E-state index in [9.17, 15) is 14.7 Å². The molecular formula is C13H10N4O3. The lowest BCUT2D eigenvalue weighted by molar-refractivity contribution is -0.117. The molecule has 0 unspecified atom stereocenters. The minimum Gasteiger partial charge on any atom is -0.507 e. The van der Waals surface area contributed by atoms with Gasteiger partial charge in [-0.1, -0.05) is 24.3 Å². The number of phenols is 1. The number of hydrogen-bond donors (Lipinski definition) is 2. The summed E-state index contributed by atoms with van der Waals surface area (Å²) in [6.07, 6.45) is 0. The molecule has 7 nitrogen and oxygen atoms in total. The number of rotatable bonds is 3. The summed E-state index contributed by atoms with van der Waals surface area (Å²) in [6, 6.07) is 10.2. The van der Waals surface area contributed by atoms with Crippen LogP contribution in [0.3, 0.4) is 0 Å². The van der Waals surface area contributed by atoms with Crippen LogP contribution in [0.15, 0.2) is 41.5 Å². The molecule has 2 rings (SSSR count). The SMILES string of the molecule is [N-]=[N+]=NC(=O)CNC(=O)c1cc2ccccc2cc1O. The van der Waals surface area contributed by atoms with Gasteiger partial charge in [-0.15, -0.1) is 0 Å². The molecule has 0 spiro atoms. The van der Waals surface area contributed by atoms with Crippen LogP contribution in [0.25, 0.3) is 21.2 Å². The van der Waals surface area contributed by atoms with Gasteiger partial charge in [-0.05, 0) is 33.6 Å². The summed E-state index contributed by atoms with van der Waals surface area (Å²) in [7, 11) is 0. The van der Waals surface area contributed by atoms with Crippen molar-refractivity contribution in [2.24, 2.45) is 5.11 Å². The number of amides is 2. The third kappa shape index (κ3) is 2.85. The molecule has 0 aliphatic carbocycles. The first-order valence-corrected chi connectivity index (χ1v) is 5.69. The molecule has 100 valence electrons. The van der Waals surface area contributed by atoms with Gasteiger partial charge in [0.1, 0.15) is 5.75 Å². The zero-order chi connectivity index (χ0) is 14.5. The molecule has 20 heavy (non-hydrogen) atoms. The van der Waals surface area contributed by atoms with Crippen LogP contribution in [-0.2, 0) is 4.79 Å². The zero-order valence-corrected chi connectivity index (χ0v) is 10.3. The van der Waals surface area contributed by atoms with Crippen LogP contribution in [0.2, 0.25) is 0 Å². The number of carbonyl (C=O) groups excluding carboxylic acids is 2. The Hall–Kier alpha value is -3.05. The third-order valence-corrected chi connectivity index (χ3v) is 2.67. The Labute approximate surface area is 113 Å². The first kappa shape index (κ1) is 13.4. The molecule has 7 heteroatoms. The second kappa shape index (κ2) is 5.73. The van der Waals surface area contributed by atoms with E-state index in [2.05, 4.69) is 15.3 Å². The Balaban J connectivity index is 2.23. The molecule has 2 aromatic carbocycles. The highest BCUT2D eigenvalue weighted by Gasteiger charge is 2.13. The summed E-state index contributed by atoms with van der Waals surface area (Å²) in [6.45, 7) is -0.421. The van der Waals surface area contributed by atoms with Crippen molar-refractivity contribution in [2.75, 3.05) is 6.54 Å². The van der Waals surface area contributed by atoms with Gasteiger partial charge in [0.15, 0.2) is 0 Å². The fourth-order valence-electron chi connectivity index (χ4n) is 1.75. The van der Waals surface area contributed by atoms with Gasteiger partial charge in [-0.2, -0.15) is 0 Å². The molecule has 0 fully saturated rings. The number of nitrogens with one attached hydrogen (secondary N) is 1. The molecule has 0 aromatic heterocycles. The van der Waals surface area contributed by atoms with Crippen molar-refractivity contribution < 1.29 is 14.7 Å². The number of azide groups is 1. The highest BCUT2D eigenvalue weighted by Crippen LogP contribution is 2.24. The van der Waals surface area contributed by atoms with Crippen molar-refractivity contribution in [3.05, 3.63) is 52.4 Å². The highest BCUT2D eigenvalue weighted by molar-refractivity contribution is 6.02. The fraction of sp³-hybridized carbons (Fsp3) is 0.0769. The van der Waals surface area contributed by atoms with E-state index in [-0.39, 0.29) is 11.3 Å². The number of benzene rings is 2. The Bertz CT molecular complexity index is 735. The molecule has 2 N–H and O–H groups in total. The molecule has 0 atom stereocenters. The zero-order valence-electron chi connectivity index (χ0n) is 10.3. The average molecular weight is 270 g/mol. The summed E-state index contributed by atoms with van der Waals surface area (Å²) in [5, 5.41) is 16.5. The van der Waals surface area contributed by atoms with Crippen molar-refractivity contribution in [2.45, 2.75) is 0 Å². The minimum absolute atomic E-state index is 0.0532. The van der Waals surface area contributed by atoms with Gasteiger partial charge in [-0.25, -0.2) is 0 Å². The lowest BCUT2D eigenvalue weighted by Gasteiger charge is -2.07. The smallest absolute Gasteiger partial charge is 0.255 e. The fourth-order valence-corrected chi connectivity index (χ4v) is 1.75. The van der Waals surface area contributed by atoms with Crippen LogP contribution >= 0.6 is 0 Å². The predicted molar refractivity (Wildman–Crippen MR) is 72.1 cm³/mol. The first-order chi connectivity index (χ1) is 9.61. The molecule has 0 heterocycles. The summed E-state index contributed by atoms with van der Waals surface area (Å²) < 4.78 is 0. The number of hydrogen-bond acceptors (Lipinski definition) is 3. The maximum atomic E-state index is 11.9. The van der Waals surface area contributed by atoms with Crippen molar-refractivity contribution in [3.63, 3.8) is 0 Å². The van der Waals surface area contributed by atoms with Gasteiger partial charge in [0.2, 0.25) is 5.91 Å². The molecule has 2 aromatic rings. The van der Waals surface area contributed by atoms with Crippen LogP contribution in [-0.4, -0.2) is 23.5 Å². The van der Waals surface area contributed by atoms with Crippen molar-refractivity contribution >= 4 is 22.6 Å². The van der Waals surface area contributed by atoms with Crippen molar-refractivity contribution in [1.82, 2.24) is 5.32 Å². The average Bonchev–Trinajstić information content (AvgIpc) is 2.44. The van der Waals surface area contributed by atoms with Crippen molar-refractivity contribution in [1.29, 1.82) is 0 Å². The topological polar surface area (TPSA) is 115 Å². The van der Waals surface area contributed by atoms with Crippen LogP contribution < -0.4 is 5.32 Å². The summed E-state index contributed by atoms with van der Waals surface area (Å²) in [5.41, 5.74) is 8.12. The number of aromatic hydroxyl groups is 1. The second-order valence-corrected chi connectivity index (χ2v) is 3.98. The predicted octanol–water partition coefficient (Wildman–Crippen LogP) is 2.11. The van der Waals surface area contributed by atoms with Crippen LogP contribution in [0.5, 0.6) is 5.75 Å². The molecule has 0 saturated carbocycles. The van der Waals surface area contributed by atoms with E-state index in [1.807, 2.05) is 18.2 Å². The normalized spacial score (nSPS) is 9.80. The number of carbonyl (C=O) groups is 2. The van der Waals surface area contributed by atoms with E-state index in [1.54, 1.807) is 6.07 Å². The summed E-state index contributed by atoms with van der Waals surface area (Å²) in [5.74, 6) is -1.60. The van der Waals surface area contributed by atoms with E-state index < -0.39 is 18.4 Å². The van der Waals surface area contributed by atoms with Crippen molar-refractivity contribution in [3.8, 4) is 5.75 Å². The van der Waals surface area contributed by atoms with Gasteiger partial charge in [0.05, 0.1) is 12.1 Å². The Morgan fingerprint density at radius 1 is 1.25 bits per heavy atom. The van der Waals surface area contributed by atoms with Crippen LogP contribution in [0.1, 0.15) is 10.4 Å². The Morgan fingerprint density at radius 3 is 2.55 bits per heavy atom. The number of phenolic OH excluding ortho intramolecular Hbond substituents is 1. The first-order valence-electron chi connectivity index (χ1n) is 5.69. The Morgan fingerprint density at radius 2 is 1.90 bits per heavy atom. The molecule has 0 aliphatic heterocycles. The van der Waals surface area contributed by atoms with Gasteiger partial charge >= 0.3 is 0 Å². The van der Waals surface area contributed by atoms with Crippen LogP contribution in [0.4, 0.5) is 0 Å². The van der Waals surface area contributed by atoms with E-state index in [0.717, 1.165) is 10.8 Å². The highest BCUT2D eigenvalue weighted by atomic mass is 16.3. The largest absolute Gasteiger partial charge is 0.507 e. The van der Waals surface area contributed by atoms with E-state index >= 15 is 0 Å². The summed E-state index contributed by atoms with van der Waals surface area (Å²) >= 11 is 0. The minimum atomic E-state index is -0.805. The quantitative estimate of drug-likeness (QED) is 0.505. The monoisotopic (exact) mass is 270 g/mol. The van der Waals surface area contributed by atoms with E-state index in [4.69, 9.17) is 5.53 Å². The van der Waals surface area contributed by atoms with Crippen LogP contribution in [0, 0.1) is 0 Å². The molecule has 0 aliphatic rings.